The van der Waals surface area contributed by atoms with Crippen molar-refractivity contribution in [2.45, 2.75) is 0 Å². The van der Waals surface area contributed by atoms with Crippen LogP contribution in [0.1, 0.15) is 31.8 Å². The van der Waals surface area contributed by atoms with E-state index in [9.17, 15) is 24.9 Å². The minimum absolute atomic E-state index is 0.00222. The Morgan fingerprint density at radius 2 is 1.32 bits per heavy atom. The smallest absolute Gasteiger partial charge is 0.200 e. The molecule has 1 aliphatic rings. The van der Waals surface area contributed by atoms with Gasteiger partial charge in [-0.1, -0.05) is 6.07 Å². The van der Waals surface area contributed by atoms with E-state index in [1.54, 1.807) is 6.07 Å². The van der Waals surface area contributed by atoms with Gasteiger partial charge in [0, 0.05) is 16.9 Å². The van der Waals surface area contributed by atoms with E-state index in [4.69, 9.17) is 11.5 Å². The second-order valence-electron chi connectivity index (χ2n) is 6.36. The molecule has 0 aliphatic heterocycles. The minimum Gasteiger partial charge on any atom is -0.507 e. The third-order valence-electron chi connectivity index (χ3n) is 4.71. The predicted octanol–water partition coefficient (Wildman–Crippen LogP) is 3.17. The van der Waals surface area contributed by atoms with Gasteiger partial charge in [-0.25, -0.2) is 0 Å². The van der Waals surface area contributed by atoms with E-state index in [1.807, 2.05) is 0 Å². The van der Waals surface area contributed by atoms with Gasteiger partial charge in [0.05, 0.1) is 26.7 Å². The summed E-state index contributed by atoms with van der Waals surface area (Å²) in [6, 6.07) is 8.39. The molecule has 7 nitrogen and oxygen atoms in total. The fourth-order valence-corrected chi connectivity index (χ4v) is 3.76. The normalized spacial score (nSPS) is 12.6. The summed E-state index contributed by atoms with van der Waals surface area (Å²) < 4.78 is 0.377. The number of hydrogen-bond acceptors (Lipinski definition) is 7. The number of phenolic OH excluding ortho intramolecular Hbond substituents is 3. The van der Waals surface area contributed by atoms with Crippen LogP contribution in [0.15, 0.2) is 40.9 Å². The first-order chi connectivity index (χ1) is 13.2. The summed E-state index contributed by atoms with van der Waals surface area (Å²) in [5, 5.41) is 30.6. The highest BCUT2D eigenvalue weighted by Crippen LogP contribution is 2.45. The number of fused-ring (bicyclic) bond motifs is 2. The van der Waals surface area contributed by atoms with Crippen LogP contribution in [0.2, 0.25) is 0 Å². The molecule has 0 unspecified atom stereocenters. The van der Waals surface area contributed by atoms with Gasteiger partial charge in [-0.05, 0) is 51.8 Å². The molecule has 7 N–H and O–H groups in total. The lowest BCUT2D eigenvalue weighted by molar-refractivity contribution is 0.0975. The highest BCUT2D eigenvalue weighted by Gasteiger charge is 2.38. The zero-order valence-corrected chi connectivity index (χ0v) is 15.7. The molecule has 0 amide bonds. The van der Waals surface area contributed by atoms with E-state index >= 15 is 0 Å². The molecule has 1 aliphatic carbocycles. The van der Waals surface area contributed by atoms with Gasteiger partial charge >= 0.3 is 0 Å². The number of rotatable bonds is 1. The average Bonchev–Trinajstić information content (AvgIpc) is 2.65. The molecule has 0 spiro atoms. The number of halogens is 1. The van der Waals surface area contributed by atoms with E-state index < -0.39 is 23.1 Å². The maximum atomic E-state index is 13.1. The summed E-state index contributed by atoms with van der Waals surface area (Å²) in [6.45, 7) is 0. The van der Waals surface area contributed by atoms with Gasteiger partial charge in [0.1, 0.15) is 17.2 Å². The van der Waals surface area contributed by atoms with E-state index in [2.05, 4.69) is 15.9 Å². The summed E-state index contributed by atoms with van der Waals surface area (Å²) in [7, 11) is 0. The summed E-state index contributed by atoms with van der Waals surface area (Å²) in [5.41, 5.74) is 11.7. The van der Waals surface area contributed by atoms with Crippen molar-refractivity contribution >= 4 is 38.9 Å². The Kier molecular flexibility index (Phi) is 3.83. The fourth-order valence-electron chi connectivity index (χ4n) is 3.39. The number of carbonyl (C=O) groups is 2. The Morgan fingerprint density at radius 3 is 2.00 bits per heavy atom. The van der Waals surface area contributed by atoms with Gasteiger partial charge in [0.25, 0.3) is 0 Å². The summed E-state index contributed by atoms with van der Waals surface area (Å²) in [5.74, 6) is -2.23. The molecule has 4 rings (SSSR count). The average molecular weight is 441 g/mol. The van der Waals surface area contributed by atoms with E-state index in [0.29, 0.717) is 10.0 Å². The first-order valence-corrected chi connectivity index (χ1v) is 8.86. The number of benzene rings is 3. The summed E-state index contributed by atoms with van der Waals surface area (Å²) in [4.78, 5) is 26.0. The van der Waals surface area contributed by atoms with Crippen LogP contribution in [0.4, 0.5) is 11.4 Å². The molecule has 8 heteroatoms. The lowest BCUT2D eigenvalue weighted by Gasteiger charge is -2.23. The van der Waals surface area contributed by atoms with Crippen LogP contribution in [0.25, 0.3) is 11.1 Å². The zero-order chi connectivity index (χ0) is 20.3. The van der Waals surface area contributed by atoms with Gasteiger partial charge in [-0.3, -0.25) is 9.59 Å². The molecule has 0 atom stereocenters. The molecule has 140 valence electrons. The zero-order valence-electron chi connectivity index (χ0n) is 14.2. The van der Waals surface area contributed by atoms with Crippen LogP contribution in [0, 0.1) is 0 Å². The highest BCUT2D eigenvalue weighted by atomic mass is 79.9. The van der Waals surface area contributed by atoms with Gasteiger partial charge < -0.3 is 26.8 Å². The maximum Gasteiger partial charge on any atom is 0.200 e. The van der Waals surface area contributed by atoms with Crippen LogP contribution in [-0.4, -0.2) is 26.9 Å². The summed E-state index contributed by atoms with van der Waals surface area (Å²) >= 11 is 3.19. The van der Waals surface area contributed by atoms with Crippen molar-refractivity contribution in [2.75, 3.05) is 11.5 Å². The van der Waals surface area contributed by atoms with Crippen LogP contribution in [-0.2, 0) is 0 Å². The monoisotopic (exact) mass is 440 g/mol. The summed E-state index contributed by atoms with van der Waals surface area (Å²) in [6.07, 6.45) is 0. The molecule has 0 bridgehead atoms. The Labute approximate surface area is 167 Å². The van der Waals surface area contributed by atoms with E-state index in [1.165, 1.54) is 30.3 Å². The molecule has 3 aromatic carbocycles. The van der Waals surface area contributed by atoms with Crippen molar-refractivity contribution in [3.05, 3.63) is 63.1 Å². The molecule has 0 aromatic heterocycles. The highest BCUT2D eigenvalue weighted by molar-refractivity contribution is 9.10. The number of aromatic hydroxyl groups is 3. The Bertz CT molecular complexity index is 1220. The first kappa shape index (κ1) is 17.9. The van der Waals surface area contributed by atoms with Crippen molar-refractivity contribution in [3.8, 4) is 28.4 Å². The van der Waals surface area contributed by atoms with Crippen LogP contribution in [0.3, 0.4) is 0 Å². The van der Waals surface area contributed by atoms with Crippen molar-refractivity contribution in [1.82, 2.24) is 0 Å². The van der Waals surface area contributed by atoms with Gasteiger partial charge in [-0.15, -0.1) is 0 Å². The molecular formula is C20H13BrN2O5. The molecule has 0 saturated heterocycles. The fraction of sp³-hybridized carbons (Fsp3) is 0. The molecule has 3 aromatic rings. The first-order valence-electron chi connectivity index (χ1n) is 8.07. The Morgan fingerprint density at radius 1 is 0.714 bits per heavy atom. The number of hydrogen-bond donors (Lipinski definition) is 5. The third-order valence-corrected chi connectivity index (χ3v) is 5.35. The second kappa shape index (κ2) is 6.00. The minimum atomic E-state index is -0.707. The largest absolute Gasteiger partial charge is 0.507 e. The van der Waals surface area contributed by atoms with E-state index in [-0.39, 0.29) is 44.9 Å². The number of nitrogen functional groups attached to an aromatic ring is 2. The number of anilines is 2. The van der Waals surface area contributed by atoms with Crippen LogP contribution in [0.5, 0.6) is 17.2 Å². The number of ketones is 2. The van der Waals surface area contributed by atoms with Crippen molar-refractivity contribution < 1.29 is 24.9 Å². The Balaban J connectivity index is 2.04. The molecule has 0 fully saturated rings. The number of phenols is 3. The molecule has 0 heterocycles. The lowest BCUT2D eigenvalue weighted by Crippen LogP contribution is -2.24. The Hall–Kier alpha value is -3.52. The van der Waals surface area contributed by atoms with E-state index in [0.717, 1.165) is 0 Å². The maximum absolute atomic E-state index is 13.1. The van der Waals surface area contributed by atoms with Gasteiger partial charge in [0.15, 0.2) is 0 Å². The van der Waals surface area contributed by atoms with Crippen molar-refractivity contribution in [2.24, 2.45) is 0 Å². The predicted molar refractivity (Wildman–Crippen MR) is 107 cm³/mol. The number of carbonyl (C=O) groups excluding carboxylic acids is 2. The SMILES string of the molecule is Nc1ccc(O)c2c1C(=O)c1c(O)c(-c3ccc(O)c(Br)c3)cc(N)c1C2=O. The topological polar surface area (TPSA) is 147 Å². The number of nitrogens with two attached hydrogens (primary N) is 2. The quantitative estimate of drug-likeness (QED) is 0.225. The molecular weight excluding hydrogens is 428 g/mol. The molecule has 0 saturated carbocycles. The standard InChI is InChI=1S/C20H13BrN2O5/c21-9-5-7(1-3-12(9)24)8-6-11(23)15-17(18(8)26)20(28)14-10(22)2-4-13(25)16(14)19(15)27/h1-6,24-26H,22-23H2. The third kappa shape index (κ3) is 2.35. The van der Waals surface area contributed by atoms with Gasteiger partial charge in [-0.2, -0.15) is 0 Å². The van der Waals surface area contributed by atoms with Crippen LogP contribution >= 0.6 is 15.9 Å². The molecule has 28 heavy (non-hydrogen) atoms. The second-order valence-corrected chi connectivity index (χ2v) is 7.21. The van der Waals surface area contributed by atoms with Gasteiger partial charge in [0.2, 0.25) is 11.6 Å². The van der Waals surface area contributed by atoms with Crippen molar-refractivity contribution in [3.63, 3.8) is 0 Å². The van der Waals surface area contributed by atoms with Crippen LogP contribution < -0.4 is 11.5 Å². The molecule has 0 radical (unpaired) electrons. The lowest BCUT2D eigenvalue weighted by atomic mass is 9.80. The van der Waals surface area contributed by atoms with Crippen molar-refractivity contribution in [1.29, 1.82) is 0 Å².